The van der Waals surface area contributed by atoms with Gasteiger partial charge in [0.1, 0.15) is 18.4 Å². The molecule has 0 radical (unpaired) electrons. The van der Waals surface area contributed by atoms with Gasteiger partial charge in [-0.15, -0.1) is 0 Å². The normalized spacial score (nSPS) is 14.5. The average Bonchev–Trinajstić information content (AvgIpc) is 3.44. The molecule has 0 heterocycles. The number of sulfonamides is 1. The number of nitrogens with one attached hydrogen (secondary N) is 1. The van der Waals surface area contributed by atoms with Crippen LogP contribution in [-0.4, -0.2) is 43.8 Å². The topological polar surface area (TPSA) is 86.8 Å². The first kappa shape index (κ1) is 30.5. The number of amides is 2. The lowest BCUT2D eigenvalue weighted by molar-refractivity contribution is -0.139. The van der Waals surface area contributed by atoms with E-state index in [1.165, 1.54) is 23.1 Å². The van der Waals surface area contributed by atoms with Gasteiger partial charge in [-0.3, -0.25) is 13.9 Å². The summed E-state index contributed by atoms with van der Waals surface area (Å²) in [6.45, 7) is 4.32. The molecule has 0 spiro atoms. The van der Waals surface area contributed by atoms with Crippen LogP contribution in [0.15, 0.2) is 71.6 Å². The number of carbonyl (C=O) groups excluding carboxylic acids is 2. The van der Waals surface area contributed by atoms with Crippen LogP contribution in [0.1, 0.15) is 49.3 Å². The summed E-state index contributed by atoms with van der Waals surface area (Å²) < 4.78 is 43.7. The van der Waals surface area contributed by atoms with E-state index in [9.17, 15) is 22.4 Å². The highest BCUT2D eigenvalue weighted by molar-refractivity contribution is 7.92. The Kier molecular flexibility index (Phi) is 9.71. The van der Waals surface area contributed by atoms with Crippen molar-refractivity contribution in [2.24, 2.45) is 0 Å². The maximum atomic E-state index is 14.7. The molecule has 0 bridgehead atoms. The zero-order valence-corrected chi connectivity index (χ0v) is 25.0. The van der Waals surface area contributed by atoms with Gasteiger partial charge < -0.3 is 10.2 Å². The van der Waals surface area contributed by atoms with Crippen molar-refractivity contribution in [2.45, 2.75) is 70.0 Å². The van der Waals surface area contributed by atoms with Crippen molar-refractivity contribution in [2.75, 3.05) is 10.8 Å². The lowest BCUT2D eigenvalue weighted by Gasteiger charge is -2.33. The zero-order valence-electron chi connectivity index (χ0n) is 23.4. The van der Waals surface area contributed by atoms with Crippen LogP contribution >= 0.6 is 11.6 Å². The van der Waals surface area contributed by atoms with Crippen LogP contribution in [0.4, 0.5) is 10.1 Å². The van der Waals surface area contributed by atoms with E-state index in [0.29, 0.717) is 10.6 Å². The van der Waals surface area contributed by atoms with Crippen molar-refractivity contribution in [1.29, 1.82) is 0 Å². The lowest BCUT2D eigenvalue weighted by atomic mass is 10.1. The van der Waals surface area contributed by atoms with Gasteiger partial charge in [-0.2, -0.15) is 0 Å². The number of halogens is 2. The SMILES string of the molecule is Cc1ccc(S(=O)(=O)N(CC(=O)N(Cc2ccccc2F)[C@H](C)C(=O)NC2CCCC2)c2ccc(Cl)cc2C)cc1. The number of aryl methyl sites for hydroxylation is 2. The van der Waals surface area contributed by atoms with E-state index < -0.39 is 34.3 Å². The Bertz CT molecular complexity index is 1510. The summed E-state index contributed by atoms with van der Waals surface area (Å²) in [4.78, 5) is 28.6. The molecule has 0 saturated heterocycles. The molecular weight excluding hydrogens is 565 g/mol. The first-order valence-corrected chi connectivity index (χ1v) is 15.5. The monoisotopic (exact) mass is 599 g/mol. The fraction of sp³-hybridized carbons (Fsp3) is 0.355. The van der Waals surface area contributed by atoms with Crippen LogP contribution in [0.3, 0.4) is 0 Å². The first-order chi connectivity index (χ1) is 19.5. The molecule has 1 N–H and O–H groups in total. The van der Waals surface area contributed by atoms with E-state index in [1.807, 2.05) is 6.92 Å². The molecule has 2 amide bonds. The molecule has 3 aromatic carbocycles. The van der Waals surface area contributed by atoms with Gasteiger partial charge in [-0.25, -0.2) is 12.8 Å². The Labute approximate surface area is 246 Å². The number of nitrogens with zero attached hydrogens (tertiary/aromatic N) is 2. The fourth-order valence-electron chi connectivity index (χ4n) is 5.03. The molecule has 1 aliphatic carbocycles. The van der Waals surface area contributed by atoms with Crippen molar-refractivity contribution in [1.82, 2.24) is 10.2 Å². The van der Waals surface area contributed by atoms with Gasteiger partial charge in [-0.1, -0.05) is 60.3 Å². The molecule has 0 unspecified atom stereocenters. The van der Waals surface area contributed by atoms with Crippen LogP contribution in [-0.2, 0) is 26.2 Å². The Hall–Kier alpha value is -3.43. The molecule has 41 heavy (non-hydrogen) atoms. The standard InChI is InChI=1S/C31H35ClFN3O4S/c1-21-12-15-27(16-13-21)41(39,40)36(29-17-14-25(32)18-22(29)2)20-30(37)35(19-24-8-4-7-11-28(24)33)23(3)31(38)34-26-9-5-6-10-26/h4,7-8,11-18,23,26H,5-6,9-10,19-20H2,1-3H3,(H,34,38)/t23-/m1/s1. The molecular formula is C31H35ClFN3O4S. The van der Waals surface area contributed by atoms with Crippen LogP contribution < -0.4 is 9.62 Å². The highest BCUT2D eigenvalue weighted by Crippen LogP contribution is 2.30. The molecule has 218 valence electrons. The molecule has 1 atom stereocenters. The van der Waals surface area contributed by atoms with E-state index in [1.54, 1.807) is 62.4 Å². The highest BCUT2D eigenvalue weighted by Gasteiger charge is 2.34. The largest absolute Gasteiger partial charge is 0.352 e. The van der Waals surface area contributed by atoms with Gasteiger partial charge in [0, 0.05) is 23.2 Å². The second-order valence-electron chi connectivity index (χ2n) is 10.5. The van der Waals surface area contributed by atoms with E-state index >= 15 is 0 Å². The minimum Gasteiger partial charge on any atom is -0.352 e. The number of anilines is 1. The van der Waals surface area contributed by atoms with Crippen molar-refractivity contribution in [3.63, 3.8) is 0 Å². The van der Waals surface area contributed by atoms with E-state index in [0.717, 1.165) is 35.6 Å². The molecule has 4 rings (SSSR count). The quantitative estimate of drug-likeness (QED) is 0.321. The second-order valence-corrected chi connectivity index (χ2v) is 12.8. The average molecular weight is 600 g/mol. The summed E-state index contributed by atoms with van der Waals surface area (Å²) in [6.07, 6.45) is 3.75. The van der Waals surface area contributed by atoms with Crippen LogP contribution in [0, 0.1) is 19.7 Å². The predicted molar refractivity (Wildman–Crippen MR) is 159 cm³/mol. The van der Waals surface area contributed by atoms with Gasteiger partial charge in [-0.05, 0) is 75.6 Å². The molecule has 1 aliphatic rings. The third-order valence-electron chi connectivity index (χ3n) is 7.48. The zero-order chi connectivity index (χ0) is 29.7. The van der Waals surface area contributed by atoms with Gasteiger partial charge in [0.05, 0.1) is 10.6 Å². The molecule has 7 nitrogen and oxygen atoms in total. The number of benzene rings is 3. The van der Waals surface area contributed by atoms with Gasteiger partial charge in [0.15, 0.2) is 0 Å². The Morgan fingerprint density at radius 3 is 2.32 bits per heavy atom. The maximum Gasteiger partial charge on any atom is 0.264 e. The summed E-state index contributed by atoms with van der Waals surface area (Å²) >= 11 is 6.15. The Balaban J connectivity index is 1.72. The number of hydrogen-bond acceptors (Lipinski definition) is 4. The van der Waals surface area contributed by atoms with Crippen molar-refractivity contribution < 1.29 is 22.4 Å². The number of hydrogen-bond donors (Lipinski definition) is 1. The third kappa shape index (κ3) is 7.26. The van der Waals surface area contributed by atoms with Crippen molar-refractivity contribution in [3.8, 4) is 0 Å². The number of carbonyl (C=O) groups is 2. The smallest absolute Gasteiger partial charge is 0.264 e. The molecule has 0 aromatic heterocycles. The molecule has 1 fully saturated rings. The van der Waals surface area contributed by atoms with Crippen molar-refractivity contribution in [3.05, 3.63) is 94.3 Å². The minimum absolute atomic E-state index is 0.0120. The molecule has 1 saturated carbocycles. The van der Waals surface area contributed by atoms with Crippen molar-refractivity contribution >= 4 is 39.1 Å². The summed E-state index contributed by atoms with van der Waals surface area (Å²) in [5, 5.41) is 3.42. The van der Waals surface area contributed by atoms with E-state index in [2.05, 4.69) is 5.32 Å². The predicted octanol–water partition coefficient (Wildman–Crippen LogP) is 5.77. The van der Waals surface area contributed by atoms with E-state index in [-0.39, 0.29) is 34.6 Å². The summed E-state index contributed by atoms with van der Waals surface area (Å²) in [5.41, 5.74) is 1.93. The maximum absolute atomic E-state index is 14.7. The second kappa shape index (κ2) is 13.0. The van der Waals surface area contributed by atoms with Gasteiger partial charge in [0.25, 0.3) is 10.0 Å². The van der Waals surface area contributed by atoms with Crippen LogP contribution in [0.2, 0.25) is 5.02 Å². The van der Waals surface area contributed by atoms with Crippen LogP contribution in [0.5, 0.6) is 0 Å². The minimum atomic E-state index is -4.21. The number of rotatable bonds is 10. The summed E-state index contributed by atoms with van der Waals surface area (Å²) in [5.74, 6) is -1.53. The molecule has 10 heteroatoms. The van der Waals surface area contributed by atoms with Crippen LogP contribution in [0.25, 0.3) is 0 Å². The first-order valence-electron chi connectivity index (χ1n) is 13.7. The van der Waals surface area contributed by atoms with Gasteiger partial charge in [0.2, 0.25) is 11.8 Å². The lowest BCUT2D eigenvalue weighted by Crippen LogP contribution is -2.52. The third-order valence-corrected chi connectivity index (χ3v) is 9.49. The fourth-order valence-corrected chi connectivity index (χ4v) is 6.74. The van der Waals surface area contributed by atoms with E-state index in [4.69, 9.17) is 11.6 Å². The Morgan fingerprint density at radius 2 is 1.68 bits per heavy atom. The molecule has 0 aliphatic heterocycles. The van der Waals surface area contributed by atoms with Gasteiger partial charge >= 0.3 is 0 Å². The molecule has 3 aromatic rings. The highest BCUT2D eigenvalue weighted by atomic mass is 35.5. The Morgan fingerprint density at radius 1 is 1.02 bits per heavy atom. The summed E-state index contributed by atoms with van der Waals surface area (Å²) in [6, 6.07) is 16.1. The summed E-state index contributed by atoms with van der Waals surface area (Å²) in [7, 11) is -4.21.